The monoisotopic (exact) mass is 423 g/mol. The van der Waals surface area contributed by atoms with E-state index in [9.17, 15) is 27.6 Å². The second kappa shape index (κ2) is 8.56. The summed E-state index contributed by atoms with van der Waals surface area (Å²) in [5, 5.41) is 4.86. The molecule has 2 N–H and O–H groups in total. The molecule has 1 saturated heterocycles. The Kier molecular flexibility index (Phi) is 6.12. The Balaban J connectivity index is 1.65. The number of amides is 3. The quantitative estimate of drug-likeness (QED) is 0.760. The van der Waals surface area contributed by atoms with Gasteiger partial charge in [-0.15, -0.1) is 0 Å². The van der Waals surface area contributed by atoms with Gasteiger partial charge in [-0.1, -0.05) is 23.9 Å². The molecule has 3 rings (SSSR count). The Bertz CT molecular complexity index is 950. The first-order valence-electron chi connectivity index (χ1n) is 8.52. The number of carbonyl (C=O) groups is 3. The molecule has 152 valence electrons. The van der Waals surface area contributed by atoms with Crippen LogP contribution >= 0.6 is 11.8 Å². The van der Waals surface area contributed by atoms with Gasteiger partial charge in [0.15, 0.2) is 0 Å². The zero-order valence-electron chi connectivity index (χ0n) is 15.0. The SMILES string of the molecule is O=C(CN1CCSC1=O)Nc1cccc(C(=O)Nc2cccc(C(F)(F)F)c2)c1. The van der Waals surface area contributed by atoms with Gasteiger partial charge in [-0.05, 0) is 36.4 Å². The van der Waals surface area contributed by atoms with Crippen LogP contribution in [0.25, 0.3) is 0 Å². The summed E-state index contributed by atoms with van der Waals surface area (Å²) in [7, 11) is 0. The second-order valence-electron chi connectivity index (χ2n) is 6.20. The standard InChI is InChI=1S/C19H16F3N3O3S/c20-19(21,22)13-4-2-6-15(10-13)24-17(27)12-3-1-5-14(9-12)23-16(26)11-25-7-8-29-18(25)28/h1-6,9-10H,7-8,11H2,(H,23,26)(H,24,27). The van der Waals surface area contributed by atoms with Gasteiger partial charge in [0.25, 0.3) is 11.1 Å². The molecule has 1 aliphatic rings. The van der Waals surface area contributed by atoms with Crippen LogP contribution in [0.5, 0.6) is 0 Å². The lowest BCUT2D eigenvalue weighted by Gasteiger charge is -2.14. The fraction of sp³-hybridized carbons (Fsp3) is 0.211. The van der Waals surface area contributed by atoms with E-state index in [0.717, 1.165) is 23.9 Å². The van der Waals surface area contributed by atoms with Gasteiger partial charge in [0.1, 0.15) is 6.54 Å². The van der Waals surface area contributed by atoms with Gasteiger partial charge in [0.2, 0.25) is 5.91 Å². The lowest BCUT2D eigenvalue weighted by molar-refractivity contribution is -0.137. The zero-order valence-corrected chi connectivity index (χ0v) is 15.8. The smallest absolute Gasteiger partial charge is 0.325 e. The van der Waals surface area contributed by atoms with Crippen molar-refractivity contribution in [2.24, 2.45) is 0 Å². The van der Waals surface area contributed by atoms with E-state index >= 15 is 0 Å². The molecule has 3 amide bonds. The number of hydrogen-bond donors (Lipinski definition) is 2. The maximum Gasteiger partial charge on any atom is 0.416 e. The van der Waals surface area contributed by atoms with Crippen molar-refractivity contribution >= 4 is 40.2 Å². The molecule has 0 unspecified atom stereocenters. The normalized spacial score (nSPS) is 14.0. The highest BCUT2D eigenvalue weighted by molar-refractivity contribution is 8.13. The van der Waals surface area contributed by atoms with E-state index in [2.05, 4.69) is 10.6 Å². The van der Waals surface area contributed by atoms with Gasteiger partial charge in [-0.3, -0.25) is 14.4 Å². The van der Waals surface area contributed by atoms with Crippen LogP contribution in [0.15, 0.2) is 48.5 Å². The van der Waals surface area contributed by atoms with Crippen LogP contribution in [-0.4, -0.2) is 40.8 Å². The predicted octanol–water partition coefficient (Wildman–Crippen LogP) is 4.07. The summed E-state index contributed by atoms with van der Waals surface area (Å²) < 4.78 is 38.4. The Morgan fingerprint density at radius 3 is 2.38 bits per heavy atom. The summed E-state index contributed by atoms with van der Waals surface area (Å²) in [6.45, 7) is 0.406. The molecular weight excluding hydrogens is 407 g/mol. The summed E-state index contributed by atoms with van der Waals surface area (Å²) >= 11 is 1.15. The van der Waals surface area contributed by atoms with E-state index in [4.69, 9.17) is 0 Å². The summed E-state index contributed by atoms with van der Waals surface area (Å²) in [6.07, 6.45) is -4.51. The van der Waals surface area contributed by atoms with E-state index in [-0.39, 0.29) is 23.0 Å². The second-order valence-corrected chi connectivity index (χ2v) is 7.24. The van der Waals surface area contributed by atoms with Gasteiger partial charge in [0, 0.05) is 29.2 Å². The maximum atomic E-state index is 12.8. The van der Waals surface area contributed by atoms with Crippen LogP contribution in [0.1, 0.15) is 15.9 Å². The Morgan fingerprint density at radius 1 is 1.03 bits per heavy atom. The van der Waals surface area contributed by atoms with Crippen LogP contribution < -0.4 is 10.6 Å². The highest BCUT2D eigenvalue weighted by atomic mass is 32.2. The number of rotatable bonds is 5. The predicted molar refractivity (Wildman–Crippen MR) is 104 cm³/mol. The number of alkyl halides is 3. The molecule has 0 radical (unpaired) electrons. The van der Waals surface area contributed by atoms with Crippen molar-refractivity contribution in [2.75, 3.05) is 29.5 Å². The molecule has 0 aromatic heterocycles. The number of carbonyl (C=O) groups excluding carboxylic acids is 3. The molecule has 2 aromatic carbocycles. The number of nitrogens with zero attached hydrogens (tertiary/aromatic N) is 1. The van der Waals surface area contributed by atoms with Crippen molar-refractivity contribution in [2.45, 2.75) is 6.18 Å². The fourth-order valence-corrected chi connectivity index (χ4v) is 3.48. The molecule has 0 saturated carbocycles. The molecular formula is C19H16F3N3O3S. The molecule has 0 bridgehead atoms. The largest absolute Gasteiger partial charge is 0.416 e. The molecule has 29 heavy (non-hydrogen) atoms. The van der Waals surface area contributed by atoms with Crippen LogP contribution in [0, 0.1) is 0 Å². The van der Waals surface area contributed by atoms with Crippen molar-refractivity contribution in [3.05, 3.63) is 59.7 Å². The zero-order chi connectivity index (χ0) is 21.0. The van der Waals surface area contributed by atoms with E-state index in [1.807, 2.05) is 0 Å². The highest BCUT2D eigenvalue weighted by Crippen LogP contribution is 2.30. The molecule has 2 aromatic rings. The first-order valence-corrected chi connectivity index (χ1v) is 9.51. The summed E-state index contributed by atoms with van der Waals surface area (Å²) in [6, 6.07) is 10.3. The average Bonchev–Trinajstić information content (AvgIpc) is 3.06. The van der Waals surface area contributed by atoms with Crippen molar-refractivity contribution in [1.29, 1.82) is 0 Å². The molecule has 0 atom stereocenters. The summed E-state index contributed by atoms with van der Waals surface area (Å²) in [4.78, 5) is 37.4. The first kappa shape index (κ1) is 20.7. The number of nitrogens with one attached hydrogen (secondary N) is 2. The van der Waals surface area contributed by atoms with Crippen LogP contribution in [0.4, 0.5) is 29.3 Å². The number of benzene rings is 2. The van der Waals surface area contributed by atoms with E-state index in [1.54, 1.807) is 6.07 Å². The minimum absolute atomic E-state index is 0.00399. The molecule has 0 spiro atoms. The lowest BCUT2D eigenvalue weighted by atomic mass is 10.1. The van der Waals surface area contributed by atoms with Crippen LogP contribution in [0.2, 0.25) is 0 Å². The summed E-state index contributed by atoms with van der Waals surface area (Å²) in [5.41, 5.74) is -0.366. The Hall–Kier alpha value is -3.01. The number of anilines is 2. The van der Waals surface area contributed by atoms with Crippen LogP contribution in [0.3, 0.4) is 0 Å². The van der Waals surface area contributed by atoms with Gasteiger partial charge in [-0.2, -0.15) is 13.2 Å². The third-order valence-corrected chi connectivity index (χ3v) is 4.93. The average molecular weight is 423 g/mol. The topological polar surface area (TPSA) is 78.5 Å². The fourth-order valence-electron chi connectivity index (χ4n) is 2.66. The number of hydrogen-bond acceptors (Lipinski definition) is 4. The minimum atomic E-state index is -4.51. The molecule has 1 heterocycles. The molecule has 1 fully saturated rings. The Labute approximate surface area is 168 Å². The summed E-state index contributed by atoms with van der Waals surface area (Å²) in [5.74, 6) is -0.389. The van der Waals surface area contributed by atoms with Crippen molar-refractivity contribution in [3.8, 4) is 0 Å². The van der Waals surface area contributed by atoms with Crippen LogP contribution in [-0.2, 0) is 11.0 Å². The molecule has 6 nitrogen and oxygen atoms in total. The van der Waals surface area contributed by atoms with Crippen molar-refractivity contribution in [1.82, 2.24) is 4.90 Å². The number of thioether (sulfide) groups is 1. The highest BCUT2D eigenvalue weighted by Gasteiger charge is 2.30. The van der Waals surface area contributed by atoms with Crippen molar-refractivity contribution < 1.29 is 27.6 Å². The minimum Gasteiger partial charge on any atom is -0.325 e. The molecule has 1 aliphatic heterocycles. The Morgan fingerprint density at radius 2 is 1.72 bits per heavy atom. The van der Waals surface area contributed by atoms with Gasteiger partial charge in [0.05, 0.1) is 5.56 Å². The van der Waals surface area contributed by atoms with Gasteiger partial charge in [-0.25, -0.2) is 0 Å². The lowest BCUT2D eigenvalue weighted by Crippen LogP contribution is -2.33. The van der Waals surface area contributed by atoms with E-state index in [0.29, 0.717) is 18.0 Å². The first-order chi connectivity index (χ1) is 13.7. The molecule has 10 heteroatoms. The van der Waals surface area contributed by atoms with Gasteiger partial charge >= 0.3 is 6.18 Å². The van der Waals surface area contributed by atoms with Gasteiger partial charge < -0.3 is 15.5 Å². The third-order valence-electron chi connectivity index (χ3n) is 4.04. The van der Waals surface area contributed by atoms with E-state index < -0.39 is 23.6 Å². The maximum absolute atomic E-state index is 12.8. The van der Waals surface area contributed by atoms with Crippen molar-refractivity contribution in [3.63, 3.8) is 0 Å². The van der Waals surface area contributed by atoms with E-state index in [1.165, 1.54) is 35.2 Å². The third kappa shape index (κ3) is 5.50. The number of halogens is 3. The molecule has 0 aliphatic carbocycles.